The van der Waals surface area contributed by atoms with Crippen LogP contribution in [0.1, 0.15) is 84.0 Å². The maximum atomic E-state index is 12.5. The van der Waals surface area contributed by atoms with Crippen LogP contribution in [0.5, 0.6) is 0 Å². The molecule has 1 atom stereocenters. The van der Waals surface area contributed by atoms with Crippen LogP contribution >= 0.6 is 0 Å². The van der Waals surface area contributed by atoms with Crippen molar-refractivity contribution in [2.24, 2.45) is 5.92 Å². The molecular formula is C22H32NO2. The van der Waals surface area contributed by atoms with Gasteiger partial charge < -0.3 is 0 Å². The molecule has 0 spiro atoms. The smallest absolute Gasteiger partial charge is 0.237 e. The van der Waals surface area contributed by atoms with Crippen molar-refractivity contribution in [2.75, 3.05) is 4.90 Å². The average molecular weight is 343 g/mol. The monoisotopic (exact) mass is 342 g/mol. The lowest BCUT2D eigenvalue weighted by Gasteiger charge is -2.14. The van der Waals surface area contributed by atoms with Crippen LogP contribution in [0.4, 0.5) is 5.69 Å². The minimum atomic E-state index is -0.129. The molecule has 1 aliphatic heterocycles. The van der Waals surface area contributed by atoms with E-state index in [4.69, 9.17) is 0 Å². The van der Waals surface area contributed by atoms with Gasteiger partial charge >= 0.3 is 0 Å². The van der Waals surface area contributed by atoms with E-state index in [1.807, 2.05) is 12.1 Å². The second-order valence-electron chi connectivity index (χ2n) is 7.19. The Morgan fingerprint density at radius 3 is 2.20 bits per heavy atom. The SMILES string of the molecule is CCCCCCCCCCCCC1CC(=O)N(c2[c]cccc2)C1=O. The Kier molecular flexibility index (Phi) is 8.71. The first kappa shape index (κ1) is 19.7. The van der Waals surface area contributed by atoms with Crippen LogP contribution in [-0.2, 0) is 9.59 Å². The highest BCUT2D eigenvalue weighted by Crippen LogP contribution is 2.29. The standard InChI is InChI=1S/C22H32NO2/c1-2-3-4-5-6-7-8-9-10-12-15-19-18-21(24)23(22(19)25)20-16-13-11-14-17-20/h11,13-14,16,19H,2-10,12,15,18H2,1H3. The largest absolute Gasteiger partial charge is 0.274 e. The average Bonchev–Trinajstić information content (AvgIpc) is 2.91. The summed E-state index contributed by atoms with van der Waals surface area (Å²) in [4.78, 5) is 26.0. The van der Waals surface area contributed by atoms with Crippen molar-refractivity contribution in [3.63, 3.8) is 0 Å². The fourth-order valence-corrected chi connectivity index (χ4v) is 3.57. The highest BCUT2D eigenvalue weighted by atomic mass is 16.2. The van der Waals surface area contributed by atoms with Gasteiger partial charge in [-0.05, 0) is 12.5 Å². The molecule has 1 fully saturated rings. The number of amides is 2. The van der Waals surface area contributed by atoms with Crippen LogP contribution in [0.2, 0.25) is 0 Å². The zero-order valence-electron chi connectivity index (χ0n) is 15.6. The molecule has 137 valence electrons. The van der Waals surface area contributed by atoms with Gasteiger partial charge in [0.15, 0.2) is 0 Å². The molecule has 1 aromatic carbocycles. The van der Waals surface area contributed by atoms with E-state index >= 15 is 0 Å². The zero-order valence-corrected chi connectivity index (χ0v) is 15.6. The molecule has 1 heterocycles. The molecule has 1 aromatic rings. The van der Waals surface area contributed by atoms with Gasteiger partial charge in [-0.3, -0.25) is 9.59 Å². The molecule has 3 nitrogen and oxygen atoms in total. The number of benzene rings is 1. The summed E-state index contributed by atoms with van der Waals surface area (Å²) in [5.41, 5.74) is 0.586. The van der Waals surface area contributed by atoms with Gasteiger partial charge in [-0.25, -0.2) is 4.90 Å². The molecule has 2 amide bonds. The van der Waals surface area contributed by atoms with Crippen molar-refractivity contribution in [3.05, 3.63) is 30.3 Å². The lowest BCUT2D eigenvalue weighted by molar-refractivity contribution is -0.122. The van der Waals surface area contributed by atoms with Crippen molar-refractivity contribution in [3.8, 4) is 0 Å². The predicted molar refractivity (Wildman–Crippen MR) is 102 cm³/mol. The number of hydrogen-bond acceptors (Lipinski definition) is 2. The normalized spacial score (nSPS) is 17.5. The first-order valence-electron chi connectivity index (χ1n) is 10.1. The Bertz CT molecular complexity index is 526. The highest BCUT2D eigenvalue weighted by molar-refractivity contribution is 6.20. The second kappa shape index (κ2) is 11.1. The molecule has 2 rings (SSSR count). The quantitative estimate of drug-likeness (QED) is 0.362. The molecule has 1 unspecified atom stereocenters. The van der Waals surface area contributed by atoms with Crippen LogP contribution < -0.4 is 4.90 Å². The van der Waals surface area contributed by atoms with Crippen molar-refractivity contribution in [1.82, 2.24) is 0 Å². The van der Waals surface area contributed by atoms with Crippen LogP contribution in [-0.4, -0.2) is 11.8 Å². The molecule has 25 heavy (non-hydrogen) atoms. The molecule has 0 N–H and O–H groups in total. The van der Waals surface area contributed by atoms with Crippen molar-refractivity contribution >= 4 is 17.5 Å². The summed E-state index contributed by atoms with van der Waals surface area (Å²) in [6, 6.07) is 10.2. The lowest BCUT2D eigenvalue weighted by Crippen LogP contribution is -2.30. The van der Waals surface area contributed by atoms with E-state index in [-0.39, 0.29) is 17.7 Å². The molecular weight excluding hydrogens is 310 g/mol. The predicted octanol–water partition coefficient (Wildman–Crippen LogP) is 5.68. The number of rotatable bonds is 12. The third kappa shape index (κ3) is 6.30. The minimum Gasteiger partial charge on any atom is -0.274 e. The van der Waals surface area contributed by atoms with Crippen LogP contribution in [0.25, 0.3) is 0 Å². The topological polar surface area (TPSA) is 37.4 Å². The van der Waals surface area contributed by atoms with Gasteiger partial charge in [0.25, 0.3) is 0 Å². The lowest BCUT2D eigenvalue weighted by atomic mass is 9.98. The summed E-state index contributed by atoms with van der Waals surface area (Å²) < 4.78 is 0. The molecule has 1 radical (unpaired) electrons. The van der Waals surface area contributed by atoms with Crippen molar-refractivity contribution < 1.29 is 9.59 Å². The maximum absolute atomic E-state index is 12.5. The van der Waals surface area contributed by atoms with E-state index in [9.17, 15) is 9.59 Å². The van der Waals surface area contributed by atoms with E-state index in [1.165, 1.54) is 62.7 Å². The number of carbonyl (C=O) groups is 2. The summed E-state index contributed by atoms with van der Waals surface area (Å²) in [5.74, 6) is -0.247. The van der Waals surface area contributed by atoms with Gasteiger partial charge in [0.2, 0.25) is 11.8 Å². The number of anilines is 1. The van der Waals surface area contributed by atoms with Gasteiger partial charge in [-0.15, -0.1) is 0 Å². The summed E-state index contributed by atoms with van der Waals surface area (Å²) >= 11 is 0. The summed E-state index contributed by atoms with van der Waals surface area (Å²) in [5, 5.41) is 0. The van der Waals surface area contributed by atoms with Crippen molar-refractivity contribution in [1.29, 1.82) is 0 Å². The number of unbranched alkanes of at least 4 members (excludes halogenated alkanes) is 9. The third-order valence-electron chi connectivity index (χ3n) is 5.08. The Hall–Kier alpha value is -1.64. The van der Waals surface area contributed by atoms with Gasteiger partial charge in [0.1, 0.15) is 0 Å². The Morgan fingerprint density at radius 1 is 0.960 bits per heavy atom. The maximum Gasteiger partial charge on any atom is 0.237 e. The summed E-state index contributed by atoms with van der Waals surface area (Å²) in [7, 11) is 0. The summed E-state index contributed by atoms with van der Waals surface area (Å²) in [6.45, 7) is 2.25. The Balaban J connectivity index is 1.59. The Morgan fingerprint density at radius 2 is 1.60 bits per heavy atom. The molecule has 0 bridgehead atoms. The first-order chi connectivity index (χ1) is 12.2. The van der Waals surface area contributed by atoms with E-state index in [1.54, 1.807) is 12.1 Å². The first-order valence-corrected chi connectivity index (χ1v) is 10.1. The number of nitrogens with zero attached hydrogens (tertiary/aromatic N) is 1. The third-order valence-corrected chi connectivity index (χ3v) is 5.08. The fourth-order valence-electron chi connectivity index (χ4n) is 3.57. The molecule has 0 aromatic heterocycles. The molecule has 1 saturated heterocycles. The Labute approximate surface area is 152 Å². The van der Waals surface area contributed by atoms with Gasteiger partial charge in [0, 0.05) is 18.4 Å². The molecule has 3 heteroatoms. The second-order valence-corrected chi connectivity index (χ2v) is 7.19. The fraction of sp³-hybridized carbons (Fsp3) is 0.636. The van der Waals surface area contributed by atoms with E-state index in [2.05, 4.69) is 13.0 Å². The van der Waals surface area contributed by atoms with Gasteiger partial charge in [-0.1, -0.05) is 89.3 Å². The van der Waals surface area contributed by atoms with E-state index in [0.717, 1.165) is 12.8 Å². The zero-order chi connectivity index (χ0) is 17.9. The van der Waals surface area contributed by atoms with E-state index in [0.29, 0.717) is 12.1 Å². The summed E-state index contributed by atoms with van der Waals surface area (Å²) in [6.07, 6.45) is 14.1. The number of hydrogen-bond donors (Lipinski definition) is 0. The molecule has 0 aliphatic carbocycles. The number of imide groups is 1. The molecule has 1 aliphatic rings. The van der Waals surface area contributed by atoms with Gasteiger partial charge in [-0.2, -0.15) is 0 Å². The van der Waals surface area contributed by atoms with Crippen LogP contribution in [0.3, 0.4) is 0 Å². The van der Waals surface area contributed by atoms with Crippen molar-refractivity contribution in [2.45, 2.75) is 84.0 Å². The minimum absolute atomic E-state index is 0.0385. The van der Waals surface area contributed by atoms with Crippen LogP contribution in [0.15, 0.2) is 24.3 Å². The number of para-hydroxylation sites is 1. The van der Waals surface area contributed by atoms with Crippen LogP contribution in [0, 0.1) is 12.0 Å². The van der Waals surface area contributed by atoms with E-state index < -0.39 is 0 Å². The molecule has 0 saturated carbocycles. The highest BCUT2D eigenvalue weighted by Gasteiger charge is 2.38. The van der Waals surface area contributed by atoms with Gasteiger partial charge in [0.05, 0.1) is 5.69 Å². The number of carbonyl (C=O) groups excluding carboxylic acids is 2.